The highest BCUT2D eigenvalue weighted by Gasteiger charge is 2.02. The van der Waals surface area contributed by atoms with E-state index in [0.717, 1.165) is 27.2 Å². The number of aromatic nitrogens is 2. The van der Waals surface area contributed by atoms with Crippen LogP contribution in [-0.2, 0) is 0 Å². The number of hydrogen-bond donors (Lipinski definition) is 1. The second kappa shape index (κ2) is 5.84. The summed E-state index contributed by atoms with van der Waals surface area (Å²) in [5.41, 5.74) is 2.97. The second-order valence-corrected chi connectivity index (χ2v) is 5.20. The molecule has 0 bridgehead atoms. The van der Waals surface area contributed by atoms with Gasteiger partial charge in [-0.15, -0.1) is 0 Å². The summed E-state index contributed by atoms with van der Waals surface area (Å²) < 4.78 is 1.05. The van der Waals surface area contributed by atoms with Crippen LogP contribution in [0, 0.1) is 0 Å². The molecule has 0 fully saturated rings. The van der Waals surface area contributed by atoms with E-state index >= 15 is 0 Å². The maximum absolute atomic E-state index is 4.31. The minimum absolute atomic E-state index is 0.779. The zero-order chi connectivity index (χ0) is 13.8. The Morgan fingerprint density at radius 2 is 1.60 bits per heavy atom. The third-order valence-electron chi connectivity index (χ3n) is 2.85. The molecular formula is C16H12BrN3. The van der Waals surface area contributed by atoms with Gasteiger partial charge in [-0.1, -0.05) is 46.3 Å². The minimum atomic E-state index is 0.779. The molecule has 4 heteroatoms. The molecule has 0 aliphatic heterocycles. The van der Waals surface area contributed by atoms with Crippen LogP contribution in [0.1, 0.15) is 0 Å². The number of halogens is 1. The lowest BCUT2D eigenvalue weighted by Gasteiger charge is -2.07. The summed E-state index contributed by atoms with van der Waals surface area (Å²) in [6.07, 6.45) is 1.57. The van der Waals surface area contributed by atoms with Crippen molar-refractivity contribution in [3.63, 3.8) is 0 Å². The molecule has 3 nitrogen and oxygen atoms in total. The van der Waals surface area contributed by atoms with Crippen LogP contribution >= 0.6 is 15.9 Å². The number of rotatable bonds is 3. The summed E-state index contributed by atoms with van der Waals surface area (Å²) >= 11 is 3.42. The van der Waals surface area contributed by atoms with Gasteiger partial charge >= 0.3 is 0 Å². The smallest absolute Gasteiger partial charge is 0.134 e. The van der Waals surface area contributed by atoms with E-state index in [1.54, 1.807) is 6.33 Å². The van der Waals surface area contributed by atoms with Gasteiger partial charge < -0.3 is 5.32 Å². The summed E-state index contributed by atoms with van der Waals surface area (Å²) in [7, 11) is 0. The molecule has 1 N–H and O–H groups in total. The number of nitrogens with one attached hydrogen (secondary N) is 1. The molecule has 1 heterocycles. The third kappa shape index (κ3) is 3.03. The normalized spacial score (nSPS) is 10.2. The van der Waals surface area contributed by atoms with Crippen molar-refractivity contribution in [2.75, 3.05) is 5.32 Å². The number of hydrogen-bond acceptors (Lipinski definition) is 3. The topological polar surface area (TPSA) is 37.8 Å². The van der Waals surface area contributed by atoms with Gasteiger partial charge in [0.2, 0.25) is 0 Å². The zero-order valence-electron chi connectivity index (χ0n) is 10.6. The molecule has 1 aromatic heterocycles. The van der Waals surface area contributed by atoms with Gasteiger partial charge in [-0.2, -0.15) is 0 Å². The quantitative estimate of drug-likeness (QED) is 0.761. The van der Waals surface area contributed by atoms with Crippen LogP contribution in [0.25, 0.3) is 11.3 Å². The first-order valence-corrected chi connectivity index (χ1v) is 7.00. The Morgan fingerprint density at radius 3 is 2.35 bits per heavy atom. The van der Waals surface area contributed by atoms with Gasteiger partial charge in [-0.05, 0) is 24.3 Å². The Kier molecular flexibility index (Phi) is 3.74. The fraction of sp³-hybridized carbons (Fsp3) is 0. The predicted molar refractivity (Wildman–Crippen MR) is 84.9 cm³/mol. The molecule has 3 aromatic rings. The first kappa shape index (κ1) is 12.8. The average Bonchev–Trinajstić information content (AvgIpc) is 2.51. The van der Waals surface area contributed by atoms with E-state index in [0.29, 0.717) is 0 Å². The van der Waals surface area contributed by atoms with Crippen LogP contribution in [0.4, 0.5) is 11.5 Å². The third-order valence-corrected chi connectivity index (χ3v) is 3.38. The molecule has 0 aliphatic carbocycles. The molecule has 2 aromatic carbocycles. The van der Waals surface area contributed by atoms with E-state index in [4.69, 9.17) is 0 Å². The fourth-order valence-corrected chi connectivity index (χ4v) is 2.14. The zero-order valence-corrected chi connectivity index (χ0v) is 12.2. The summed E-state index contributed by atoms with van der Waals surface area (Å²) in [6.45, 7) is 0. The fourth-order valence-electron chi connectivity index (χ4n) is 1.87. The van der Waals surface area contributed by atoms with Crippen molar-refractivity contribution in [3.8, 4) is 11.3 Å². The Balaban J connectivity index is 1.86. The predicted octanol–water partition coefficient (Wildman–Crippen LogP) is 4.65. The highest BCUT2D eigenvalue weighted by atomic mass is 79.9. The van der Waals surface area contributed by atoms with E-state index in [-0.39, 0.29) is 0 Å². The van der Waals surface area contributed by atoms with Gasteiger partial charge in [-0.3, -0.25) is 0 Å². The van der Waals surface area contributed by atoms with Gasteiger partial charge in [0.15, 0.2) is 0 Å². The number of nitrogens with zero attached hydrogens (tertiary/aromatic N) is 2. The van der Waals surface area contributed by atoms with E-state index in [1.807, 2.05) is 60.7 Å². The molecule has 0 saturated carbocycles. The first-order chi connectivity index (χ1) is 9.81. The average molecular weight is 326 g/mol. The van der Waals surface area contributed by atoms with Crippen LogP contribution < -0.4 is 5.32 Å². The molecule has 3 rings (SSSR count). The van der Waals surface area contributed by atoms with Crippen LogP contribution in [0.15, 0.2) is 71.5 Å². The van der Waals surface area contributed by atoms with Crippen LogP contribution in [0.3, 0.4) is 0 Å². The first-order valence-electron chi connectivity index (χ1n) is 6.21. The molecule has 20 heavy (non-hydrogen) atoms. The highest BCUT2D eigenvalue weighted by Crippen LogP contribution is 2.21. The van der Waals surface area contributed by atoms with Crippen molar-refractivity contribution in [1.29, 1.82) is 0 Å². The lowest BCUT2D eigenvalue weighted by Crippen LogP contribution is -1.95. The van der Waals surface area contributed by atoms with E-state index in [1.165, 1.54) is 0 Å². The van der Waals surface area contributed by atoms with Crippen molar-refractivity contribution >= 4 is 27.4 Å². The van der Waals surface area contributed by atoms with Crippen molar-refractivity contribution in [1.82, 2.24) is 9.97 Å². The van der Waals surface area contributed by atoms with Gasteiger partial charge in [0.1, 0.15) is 12.1 Å². The molecule has 0 unspecified atom stereocenters. The SMILES string of the molecule is Brc1ccc(Nc2cc(-c3ccccc3)ncn2)cc1. The van der Waals surface area contributed by atoms with Gasteiger partial charge in [0.05, 0.1) is 5.69 Å². The Bertz CT molecular complexity index is 696. The lowest BCUT2D eigenvalue weighted by molar-refractivity contribution is 1.17. The number of benzene rings is 2. The second-order valence-electron chi connectivity index (χ2n) is 4.29. The van der Waals surface area contributed by atoms with E-state index < -0.39 is 0 Å². The summed E-state index contributed by atoms with van der Waals surface area (Å²) in [5.74, 6) is 0.779. The molecule has 0 atom stereocenters. The minimum Gasteiger partial charge on any atom is -0.340 e. The van der Waals surface area contributed by atoms with Crippen molar-refractivity contribution in [2.24, 2.45) is 0 Å². The summed E-state index contributed by atoms with van der Waals surface area (Å²) in [5, 5.41) is 3.27. The van der Waals surface area contributed by atoms with E-state index in [9.17, 15) is 0 Å². The summed E-state index contributed by atoms with van der Waals surface area (Å²) in [4.78, 5) is 8.56. The standard InChI is InChI=1S/C16H12BrN3/c17-13-6-8-14(9-7-13)20-16-10-15(18-11-19-16)12-4-2-1-3-5-12/h1-11H,(H,18,19,20). The van der Waals surface area contributed by atoms with Gasteiger partial charge in [0.25, 0.3) is 0 Å². The van der Waals surface area contributed by atoms with Gasteiger partial charge in [-0.25, -0.2) is 9.97 Å². The molecular weight excluding hydrogens is 314 g/mol. The summed E-state index contributed by atoms with van der Waals surface area (Å²) in [6, 6.07) is 20.0. The van der Waals surface area contributed by atoms with Crippen molar-refractivity contribution < 1.29 is 0 Å². The monoisotopic (exact) mass is 325 g/mol. The maximum atomic E-state index is 4.31. The number of anilines is 2. The molecule has 0 amide bonds. The van der Waals surface area contributed by atoms with Crippen molar-refractivity contribution in [3.05, 3.63) is 71.5 Å². The van der Waals surface area contributed by atoms with Crippen LogP contribution in [0.5, 0.6) is 0 Å². The Labute approximate surface area is 125 Å². The van der Waals surface area contributed by atoms with E-state index in [2.05, 4.69) is 31.2 Å². The lowest BCUT2D eigenvalue weighted by atomic mass is 10.1. The Morgan fingerprint density at radius 1 is 0.850 bits per heavy atom. The van der Waals surface area contributed by atoms with Crippen LogP contribution in [-0.4, -0.2) is 9.97 Å². The largest absolute Gasteiger partial charge is 0.340 e. The maximum Gasteiger partial charge on any atom is 0.134 e. The Hall–Kier alpha value is -2.20. The van der Waals surface area contributed by atoms with Crippen LogP contribution in [0.2, 0.25) is 0 Å². The van der Waals surface area contributed by atoms with Crippen molar-refractivity contribution in [2.45, 2.75) is 0 Å². The molecule has 98 valence electrons. The molecule has 0 spiro atoms. The molecule has 0 aliphatic rings. The van der Waals surface area contributed by atoms with Gasteiger partial charge in [0, 0.05) is 21.8 Å². The highest BCUT2D eigenvalue weighted by molar-refractivity contribution is 9.10. The molecule has 0 saturated heterocycles. The molecule has 0 radical (unpaired) electrons.